The van der Waals surface area contributed by atoms with Gasteiger partial charge in [0.2, 0.25) is 0 Å². The van der Waals surface area contributed by atoms with Crippen LogP contribution in [0.5, 0.6) is 0 Å². The van der Waals surface area contributed by atoms with E-state index in [2.05, 4.69) is 5.32 Å². The topological polar surface area (TPSA) is 32.3 Å². The third-order valence-electron chi connectivity index (χ3n) is 3.37. The Morgan fingerprint density at radius 2 is 1.90 bits per heavy atom. The second-order valence-corrected chi connectivity index (χ2v) is 4.82. The third-order valence-corrected chi connectivity index (χ3v) is 3.37. The number of hydrogen-bond donors (Lipinski definition) is 1. The molecule has 0 radical (unpaired) electrons. The molecule has 2 aromatic rings. The Kier molecular flexibility index (Phi) is 4.69. The van der Waals surface area contributed by atoms with Crippen molar-refractivity contribution in [2.45, 2.75) is 6.42 Å². The summed E-state index contributed by atoms with van der Waals surface area (Å²) in [6.07, 6.45) is 0.887. The molecule has 0 aliphatic carbocycles. The van der Waals surface area contributed by atoms with E-state index >= 15 is 0 Å². The van der Waals surface area contributed by atoms with Gasteiger partial charge in [0, 0.05) is 24.5 Å². The van der Waals surface area contributed by atoms with Gasteiger partial charge in [0.15, 0.2) is 0 Å². The number of fused-ring (bicyclic) bond motifs is 1. The van der Waals surface area contributed by atoms with Crippen LogP contribution in [0, 0.1) is 5.82 Å². The summed E-state index contributed by atoms with van der Waals surface area (Å²) in [6, 6.07) is 10.00. The maximum absolute atomic E-state index is 13.7. The standard InChI is InChI=1S/C16H19FN2O/c1-18-10-5-11-19(2)16(20)14-8-9-15(17)13-7-4-3-6-12(13)14/h3-4,6-9,18H,5,10-11H2,1-2H3. The molecule has 4 heteroatoms. The van der Waals surface area contributed by atoms with Gasteiger partial charge in [-0.2, -0.15) is 0 Å². The van der Waals surface area contributed by atoms with Gasteiger partial charge in [0.1, 0.15) is 5.82 Å². The minimum Gasteiger partial charge on any atom is -0.342 e. The lowest BCUT2D eigenvalue weighted by Gasteiger charge is -2.18. The summed E-state index contributed by atoms with van der Waals surface area (Å²) >= 11 is 0. The maximum Gasteiger partial charge on any atom is 0.254 e. The molecule has 0 bridgehead atoms. The molecule has 0 saturated carbocycles. The van der Waals surface area contributed by atoms with Gasteiger partial charge in [0.25, 0.3) is 5.91 Å². The Morgan fingerprint density at radius 1 is 1.20 bits per heavy atom. The lowest BCUT2D eigenvalue weighted by atomic mass is 10.0. The van der Waals surface area contributed by atoms with E-state index < -0.39 is 0 Å². The Labute approximate surface area is 118 Å². The molecule has 106 valence electrons. The van der Waals surface area contributed by atoms with Gasteiger partial charge in [-0.25, -0.2) is 4.39 Å². The Hall–Kier alpha value is -1.94. The van der Waals surface area contributed by atoms with Crippen LogP contribution in [0.4, 0.5) is 4.39 Å². The molecule has 0 unspecified atom stereocenters. The number of nitrogens with one attached hydrogen (secondary N) is 1. The minimum atomic E-state index is -0.296. The predicted octanol–water partition coefficient (Wildman–Crippen LogP) is 2.66. The molecule has 2 aromatic carbocycles. The number of carbonyl (C=O) groups is 1. The van der Waals surface area contributed by atoms with Crippen molar-refractivity contribution in [3.05, 3.63) is 47.8 Å². The molecule has 1 N–H and O–H groups in total. The van der Waals surface area contributed by atoms with Crippen molar-refractivity contribution in [1.29, 1.82) is 0 Å². The van der Waals surface area contributed by atoms with Crippen LogP contribution in [0.3, 0.4) is 0 Å². The molecule has 0 saturated heterocycles. The first-order valence-corrected chi connectivity index (χ1v) is 6.72. The van der Waals surface area contributed by atoms with Crippen LogP contribution in [-0.4, -0.2) is 38.0 Å². The Bertz CT molecular complexity index is 612. The highest BCUT2D eigenvalue weighted by Gasteiger charge is 2.15. The van der Waals surface area contributed by atoms with Gasteiger partial charge in [-0.05, 0) is 37.5 Å². The van der Waals surface area contributed by atoms with Gasteiger partial charge in [0.05, 0.1) is 0 Å². The molecule has 1 amide bonds. The fraction of sp³-hybridized carbons (Fsp3) is 0.312. The van der Waals surface area contributed by atoms with Gasteiger partial charge >= 0.3 is 0 Å². The van der Waals surface area contributed by atoms with Crippen LogP contribution in [0.2, 0.25) is 0 Å². The third kappa shape index (κ3) is 2.96. The number of carbonyl (C=O) groups excluding carboxylic acids is 1. The summed E-state index contributed by atoms with van der Waals surface area (Å²) in [5.41, 5.74) is 0.550. The molecule has 0 fully saturated rings. The van der Waals surface area contributed by atoms with E-state index in [1.165, 1.54) is 6.07 Å². The number of nitrogens with zero attached hydrogens (tertiary/aromatic N) is 1. The molecule has 0 aliphatic rings. The van der Waals surface area contributed by atoms with Crippen molar-refractivity contribution >= 4 is 16.7 Å². The average molecular weight is 274 g/mol. The lowest BCUT2D eigenvalue weighted by Crippen LogP contribution is -2.29. The van der Waals surface area contributed by atoms with E-state index in [1.54, 1.807) is 36.2 Å². The highest BCUT2D eigenvalue weighted by Crippen LogP contribution is 2.22. The van der Waals surface area contributed by atoms with Gasteiger partial charge in [-0.15, -0.1) is 0 Å². The van der Waals surface area contributed by atoms with Crippen molar-refractivity contribution in [2.75, 3.05) is 27.2 Å². The van der Waals surface area contributed by atoms with Crippen molar-refractivity contribution in [3.63, 3.8) is 0 Å². The molecule has 0 aliphatic heterocycles. The lowest BCUT2D eigenvalue weighted by molar-refractivity contribution is 0.0795. The van der Waals surface area contributed by atoms with Crippen molar-refractivity contribution in [2.24, 2.45) is 0 Å². The van der Waals surface area contributed by atoms with Gasteiger partial charge in [-0.1, -0.05) is 24.3 Å². The maximum atomic E-state index is 13.7. The molecule has 20 heavy (non-hydrogen) atoms. The SMILES string of the molecule is CNCCCN(C)C(=O)c1ccc(F)c2ccccc12. The molecular weight excluding hydrogens is 255 g/mol. The van der Waals surface area contributed by atoms with E-state index in [0.717, 1.165) is 13.0 Å². The van der Waals surface area contributed by atoms with E-state index in [1.807, 2.05) is 13.1 Å². The average Bonchev–Trinajstić information content (AvgIpc) is 2.47. The number of rotatable bonds is 5. The van der Waals surface area contributed by atoms with Crippen LogP contribution in [0.25, 0.3) is 10.8 Å². The zero-order chi connectivity index (χ0) is 14.5. The van der Waals surface area contributed by atoms with Gasteiger partial charge in [-0.3, -0.25) is 4.79 Å². The van der Waals surface area contributed by atoms with Crippen molar-refractivity contribution in [1.82, 2.24) is 10.2 Å². The van der Waals surface area contributed by atoms with Gasteiger partial charge < -0.3 is 10.2 Å². The zero-order valence-electron chi connectivity index (χ0n) is 11.8. The predicted molar refractivity (Wildman–Crippen MR) is 79.4 cm³/mol. The molecule has 2 rings (SSSR count). The number of amides is 1. The van der Waals surface area contributed by atoms with E-state index in [-0.39, 0.29) is 11.7 Å². The summed E-state index contributed by atoms with van der Waals surface area (Å²) in [5.74, 6) is -0.368. The molecule has 3 nitrogen and oxygen atoms in total. The largest absolute Gasteiger partial charge is 0.342 e. The van der Waals surface area contributed by atoms with E-state index in [9.17, 15) is 9.18 Å². The van der Waals surface area contributed by atoms with E-state index in [4.69, 9.17) is 0 Å². The summed E-state index contributed by atoms with van der Waals surface area (Å²) in [7, 11) is 3.66. The normalized spacial score (nSPS) is 10.8. The first-order chi connectivity index (χ1) is 9.65. The Balaban J connectivity index is 2.28. The molecule has 0 aromatic heterocycles. The highest BCUT2D eigenvalue weighted by molar-refractivity contribution is 6.07. The highest BCUT2D eigenvalue weighted by atomic mass is 19.1. The monoisotopic (exact) mass is 274 g/mol. The second kappa shape index (κ2) is 6.48. The van der Waals surface area contributed by atoms with Crippen molar-refractivity contribution < 1.29 is 9.18 Å². The number of hydrogen-bond acceptors (Lipinski definition) is 2. The zero-order valence-corrected chi connectivity index (χ0v) is 11.8. The van der Waals surface area contributed by atoms with Crippen LogP contribution in [0.15, 0.2) is 36.4 Å². The molecule has 0 atom stereocenters. The number of benzene rings is 2. The molecule has 0 heterocycles. The fourth-order valence-corrected chi connectivity index (χ4v) is 2.25. The number of halogens is 1. The fourth-order valence-electron chi connectivity index (χ4n) is 2.25. The Morgan fingerprint density at radius 3 is 2.60 bits per heavy atom. The van der Waals surface area contributed by atoms with Crippen LogP contribution >= 0.6 is 0 Å². The summed E-state index contributed by atoms with van der Waals surface area (Å²) < 4.78 is 13.7. The smallest absolute Gasteiger partial charge is 0.254 e. The first-order valence-electron chi connectivity index (χ1n) is 6.72. The molecule has 0 spiro atoms. The van der Waals surface area contributed by atoms with Crippen LogP contribution in [0.1, 0.15) is 16.8 Å². The first kappa shape index (κ1) is 14.5. The molecular formula is C16H19FN2O. The second-order valence-electron chi connectivity index (χ2n) is 4.82. The quantitative estimate of drug-likeness (QED) is 0.850. The van der Waals surface area contributed by atoms with Crippen LogP contribution < -0.4 is 5.32 Å². The summed E-state index contributed by atoms with van der Waals surface area (Å²) in [4.78, 5) is 14.1. The minimum absolute atomic E-state index is 0.0719. The summed E-state index contributed by atoms with van der Waals surface area (Å²) in [5, 5.41) is 4.20. The van der Waals surface area contributed by atoms with E-state index in [0.29, 0.717) is 22.9 Å². The van der Waals surface area contributed by atoms with Crippen LogP contribution in [-0.2, 0) is 0 Å². The van der Waals surface area contributed by atoms with Crippen molar-refractivity contribution in [3.8, 4) is 0 Å². The summed E-state index contributed by atoms with van der Waals surface area (Å²) in [6.45, 7) is 1.53.